The van der Waals surface area contributed by atoms with Gasteiger partial charge in [0, 0.05) is 19.8 Å². The molecule has 1 atom stereocenters. The fourth-order valence-corrected chi connectivity index (χ4v) is 1.74. The Labute approximate surface area is 122 Å². The van der Waals surface area contributed by atoms with Crippen LogP contribution in [0.1, 0.15) is 22.8 Å². The van der Waals surface area contributed by atoms with Crippen molar-refractivity contribution in [2.24, 2.45) is 0 Å². The third kappa shape index (κ3) is 4.48. The molecule has 7 nitrogen and oxygen atoms in total. The number of carboxylic acid groups (broad SMARTS) is 1. The van der Waals surface area contributed by atoms with Crippen LogP contribution in [0.15, 0.2) is 18.2 Å². The number of aryl methyl sites for hydroxylation is 1. The van der Waals surface area contributed by atoms with Crippen molar-refractivity contribution in [1.82, 2.24) is 10.2 Å². The van der Waals surface area contributed by atoms with Gasteiger partial charge in [0.15, 0.2) is 0 Å². The number of urea groups is 1. The summed E-state index contributed by atoms with van der Waals surface area (Å²) in [5.74, 6) is -1.25. The van der Waals surface area contributed by atoms with Crippen LogP contribution in [-0.4, -0.2) is 48.1 Å². The molecule has 0 heterocycles. The molecule has 0 aromatic heterocycles. The minimum atomic E-state index is -1.03. The molecular weight excluding hydrogens is 274 g/mol. The average Bonchev–Trinajstić information content (AvgIpc) is 2.39. The third-order valence-corrected chi connectivity index (χ3v) is 2.88. The van der Waals surface area contributed by atoms with E-state index in [0.717, 1.165) is 0 Å². The van der Waals surface area contributed by atoms with Gasteiger partial charge in [0.05, 0.1) is 5.56 Å². The quantitative estimate of drug-likeness (QED) is 0.779. The van der Waals surface area contributed by atoms with Gasteiger partial charge in [-0.2, -0.15) is 0 Å². The molecule has 0 aliphatic heterocycles. The van der Waals surface area contributed by atoms with E-state index in [1.165, 1.54) is 23.1 Å². The van der Waals surface area contributed by atoms with Crippen molar-refractivity contribution in [2.45, 2.75) is 19.9 Å². The predicted octanol–water partition coefficient (Wildman–Crippen LogP) is 1.29. The molecule has 0 bridgehead atoms. The zero-order chi connectivity index (χ0) is 16.2. The highest BCUT2D eigenvalue weighted by Crippen LogP contribution is 2.16. The van der Waals surface area contributed by atoms with Gasteiger partial charge < -0.3 is 20.6 Å². The van der Waals surface area contributed by atoms with E-state index in [-0.39, 0.29) is 11.5 Å². The molecule has 0 saturated heterocycles. The summed E-state index contributed by atoms with van der Waals surface area (Å²) in [7, 11) is 3.21. The number of carbonyl (C=O) groups is 3. The number of amides is 3. The second-order valence-electron chi connectivity index (χ2n) is 4.89. The summed E-state index contributed by atoms with van der Waals surface area (Å²) in [5.41, 5.74) is 1.26. The molecule has 0 fully saturated rings. The second-order valence-corrected chi connectivity index (χ2v) is 4.89. The van der Waals surface area contributed by atoms with Crippen molar-refractivity contribution < 1.29 is 19.5 Å². The third-order valence-electron chi connectivity index (χ3n) is 2.88. The van der Waals surface area contributed by atoms with Gasteiger partial charge in [-0.1, -0.05) is 0 Å². The molecule has 0 spiro atoms. The van der Waals surface area contributed by atoms with Crippen LogP contribution in [0.2, 0.25) is 0 Å². The van der Waals surface area contributed by atoms with E-state index in [1.54, 1.807) is 27.9 Å². The summed E-state index contributed by atoms with van der Waals surface area (Å²) in [5, 5.41) is 14.0. The summed E-state index contributed by atoms with van der Waals surface area (Å²) in [6, 6.07) is 3.20. The standard InChI is InChI=1S/C14H19N3O4/c1-8-7-10(13(19)20)5-6-11(8)16-14(21)15-9(2)12(18)17(3)4/h5-7,9H,1-4H3,(H,19,20)(H2,15,16,21). The smallest absolute Gasteiger partial charge is 0.335 e. The van der Waals surface area contributed by atoms with Crippen molar-refractivity contribution in [3.05, 3.63) is 29.3 Å². The molecule has 3 amide bonds. The Hall–Kier alpha value is -2.57. The van der Waals surface area contributed by atoms with E-state index in [1.807, 2.05) is 0 Å². The number of rotatable bonds is 4. The number of anilines is 1. The Morgan fingerprint density at radius 2 is 1.86 bits per heavy atom. The number of hydrogen-bond donors (Lipinski definition) is 3. The monoisotopic (exact) mass is 293 g/mol. The lowest BCUT2D eigenvalue weighted by atomic mass is 10.1. The lowest BCUT2D eigenvalue weighted by Gasteiger charge is -2.18. The van der Waals surface area contributed by atoms with Crippen molar-refractivity contribution in [3.63, 3.8) is 0 Å². The Balaban J connectivity index is 2.71. The number of aromatic carboxylic acids is 1. The fraction of sp³-hybridized carbons (Fsp3) is 0.357. The summed E-state index contributed by atoms with van der Waals surface area (Å²) in [6.45, 7) is 3.28. The zero-order valence-corrected chi connectivity index (χ0v) is 12.4. The van der Waals surface area contributed by atoms with Crippen LogP contribution in [0.5, 0.6) is 0 Å². The molecular formula is C14H19N3O4. The number of carbonyl (C=O) groups excluding carboxylic acids is 2. The van der Waals surface area contributed by atoms with Crippen molar-refractivity contribution >= 4 is 23.6 Å². The number of nitrogens with one attached hydrogen (secondary N) is 2. The number of nitrogens with zero attached hydrogens (tertiary/aromatic N) is 1. The van der Waals surface area contributed by atoms with E-state index in [0.29, 0.717) is 11.3 Å². The van der Waals surface area contributed by atoms with Crippen molar-refractivity contribution in [1.29, 1.82) is 0 Å². The Bertz CT molecular complexity index is 569. The van der Waals surface area contributed by atoms with Gasteiger partial charge in [-0.05, 0) is 37.6 Å². The maximum atomic E-state index is 11.8. The van der Waals surface area contributed by atoms with Gasteiger partial charge >= 0.3 is 12.0 Å². The van der Waals surface area contributed by atoms with E-state index in [2.05, 4.69) is 10.6 Å². The van der Waals surface area contributed by atoms with Gasteiger partial charge in [-0.25, -0.2) is 9.59 Å². The molecule has 0 saturated carbocycles. The van der Waals surface area contributed by atoms with E-state index in [9.17, 15) is 14.4 Å². The molecule has 1 rings (SSSR count). The second kappa shape index (κ2) is 6.74. The molecule has 1 unspecified atom stereocenters. The summed E-state index contributed by atoms with van der Waals surface area (Å²) in [4.78, 5) is 35.7. The van der Waals surface area contributed by atoms with Crippen molar-refractivity contribution in [2.75, 3.05) is 19.4 Å². The molecule has 0 aliphatic carbocycles. The molecule has 3 N–H and O–H groups in total. The number of hydrogen-bond acceptors (Lipinski definition) is 3. The SMILES string of the molecule is Cc1cc(C(=O)O)ccc1NC(=O)NC(C)C(=O)N(C)C. The minimum absolute atomic E-state index is 0.148. The number of benzene rings is 1. The largest absolute Gasteiger partial charge is 0.478 e. The highest BCUT2D eigenvalue weighted by Gasteiger charge is 2.17. The fourth-order valence-electron chi connectivity index (χ4n) is 1.74. The van der Waals surface area contributed by atoms with Gasteiger partial charge in [-0.15, -0.1) is 0 Å². The van der Waals surface area contributed by atoms with Crippen LogP contribution in [0.4, 0.5) is 10.5 Å². The van der Waals surface area contributed by atoms with Crippen LogP contribution in [0.3, 0.4) is 0 Å². The zero-order valence-electron chi connectivity index (χ0n) is 12.4. The first-order valence-corrected chi connectivity index (χ1v) is 6.35. The van der Waals surface area contributed by atoms with Gasteiger partial charge in [0.1, 0.15) is 6.04 Å². The van der Waals surface area contributed by atoms with Gasteiger partial charge in [0.25, 0.3) is 0 Å². The number of likely N-dealkylation sites (N-methyl/N-ethyl adjacent to an activating group) is 1. The minimum Gasteiger partial charge on any atom is -0.478 e. The molecule has 21 heavy (non-hydrogen) atoms. The molecule has 7 heteroatoms. The molecule has 114 valence electrons. The lowest BCUT2D eigenvalue weighted by molar-refractivity contribution is -0.130. The maximum Gasteiger partial charge on any atom is 0.335 e. The predicted molar refractivity (Wildman–Crippen MR) is 78.4 cm³/mol. The van der Waals surface area contributed by atoms with Crippen molar-refractivity contribution in [3.8, 4) is 0 Å². The summed E-state index contributed by atoms with van der Waals surface area (Å²) >= 11 is 0. The average molecular weight is 293 g/mol. The Morgan fingerprint density at radius 1 is 1.24 bits per heavy atom. The molecule has 0 radical (unpaired) electrons. The Kier molecular flexibility index (Phi) is 5.29. The first-order chi connectivity index (χ1) is 9.72. The molecule has 1 aromatic rings. The van der Waals surface area contributed by atoms with Crippen LogP contribution >= 0.6 is 0 Å². The van der Waals surface area contributed by atoms with E-state index >= 15 is 0 Å². The first kappa shape index (κ1) is 16.5. The maximum absolute atomic E-state index is 11.8. The van der Waals surface area contributed by atoms with E-state index < -0.39 is 18.0 Å². The van der Waals surface area contributed by atoms with Crippen LogP contribution in [-0.2, 0) is 4.79 Å². The number of carboxylic acids is 1. The molecule has 1 aromatic carbocycles. The highest BCUT2D eigenvalue weighted by molar-refractivity contribution is 5.95. The first-order valence-electron chi connectivity index (χ1n) is 6.35. The normalized spacial score (nSPS) is 11.4. The van der Waals surface area contributed by atoms with Gasteiger partial charge in [-0.3, -0.25) is 4.79 Å². The lowest BCUT2D eigenvalue weighted by Crippen LogP contribution is -2.45. The topological polar surface area (TPSA) is 98.7 Å². The summed E-state index contributed by atoms with van der Waals surface area (Å²) < 4.78 is 0. The Morgan fingerprint density at radius 3 is 2.33 bits per heavy atom. The molecule has 0 aliphatic rings. The van der Waals surface area contributed by atoms with Gasteiger partial charge in [0.2, 0.25) is 5.91 Å². The van der Waals surface area contributed by atoms with E-state index in [4.69, 9.17) is 5.11 Å². The van der Waals surface area contributed by atoms with Crippen LogP contribution < -0.4 is 10.6 Å². The highest BCUT2D eigenvalue weighted by atomic mass is 16.4. The summed E-state index contributed by atoms with van der Waals surface area (Å²) in [6.07, 6.45) is 0. The van der Waals surface area contributed by atoms with Crippen LogP contribution in [0.25, 0.3) is 0 Å². The van der Waals surface area contributed by atoms with Crippen LogP contribution in [0, 0.1) is 6.92 Å².